The van der Waals surface area contributed by atoms with Crippen LogP contribution in [0.1, 0.15) is 77.0 Å². The van der Waals surface area contributed by atoms with Crippen LogP contribution in [0.5, 0.6) is 0 Å². The number of halogens is 2. The molecule has 1 aliphatic heterocycles. The van der Waals surface area contributed by atoms with Crippen LogP contribution < -0.4 is 0 Å². The minimum absolute atomic E-state index is 0.107. The quantitative estimate of drug-likeness (QED) is 0.284. The second-order valence-electron chi connectivity index (χ2n) is 10.4. The number of hydrogen-bond acceptors (Lipinski definition) is 5. The van der Waals surface area contributed by atoms with Crippen molar-refractivity contribution >= 4 is 35.1 Å². The Morgan fingerprint density at radius 3 is 2.32 bits per heavy atom. The smallest absolute Gasteiger partial charge is 0.328 e. The number of esters is 1. The summed E-state index contributed by atoms with van der Waals surface area (Å²) in [6.45, 7) is 9.38. The summed E-state index contributed by atoms with van der Waals surface area (Å²) in [5, 5.41) is 11.9. The molecular weight excluding hydrogens is 513 g/mol. The number of piperidine rings is 1. The Hall–Kier alpha value is -2.12. The highest BCUT2D eigenvalue weighted by atomic mass is 35.5. The lowest BCUT2D eigenvalue weighted by molar-refractivity contribution is -0.183. The van der Waals surface area contributed by atoms with Gasteiger partial charge in [0.1, 0.15) is 6.04 Å². The molecule has 0 radical (unpaired) electrons. The lowest BCUT2D eigenvalue weighted by atomic mass is 9.74. The van der Waals surface area contributed by atoms with Gasteiger partial charge in [0.15, 0.2) is 6.29 Å². The molecule has 8 heteroatoms. The monoisotopic (exact) mass is 549 g/mol. The van der Waals surface area contributed by atoms with Gasteiger partial charge in [0.05, 0.1) is 18.2 Å². The van der Waals surface area contributed by atoms with Gasteiger partial charge in [-0.2, -0.15) is 0 Å². The third-order valence-electron chi connectivity index (χ3n) is 6.57. The van der Waals surface area contributed by atoms with Crippen LogP contribution in [0.2, 0.25) is 10.0 Å². The van der Waals surface area contributed by atoms with Crippen LogP contribution in [0, 0.1) is 5.92 Å². The van der Waals surface area contributed by atoms with Crippen LogP contribution in [0.15, 0.2) is 48.5 Å². The number of rotatable bonds is 9. The van der Waals surface area contributed by atoms with Crippen LogP contribution in [0.4, 0.5) is 0 Å². The van der Waals surface area contributed by atoms with Crippen molar-refractivity contribution in [2.75, 3.05) is 6.61 Å². The molecular formula is C29H37Cl2NO5. The predicted molar refractivity (Wildman–Crippen MR) is 146 cm³/mol. The molecule has 6 nitrogen and oxygen atoms in total. The van der Waals surface area contributed by atoms with Gasteiger partial charge in [-0.3, -0.25) is 4.79 Å². The topological polar surface area (TPSA) is 76.1 Å². The molecule has 1 N–H and O–H groups in total. The van der Waals surface area contributed by atoms with Crippen LogP contribution in [0.3, 0.4) is 0 Å². The van der Waals surface area contributed by atoms with E-state index in [2.05, 4.69) is 0 Å². The first-order valence-electron chi connectivity index (χ1n) is 12.8. The minimum atomic E-state index is -1.13. The van der Waals surface area contributed by atoms with Crippen LogP contribution >= 0.6 is 23.2 Å². The summed E-state index contributed by atoms with van der Waals surface area (Å²) in [6, 6.07) is 13.7. The number of amides is 1. The van der Waals surface area contributed by atoms with E-state index in [0.29, 0.717) is 22.9 Å². The van der Waals surface area contributed by atoms with Gasteiger partial charge in [0.25, 0.3) is 0 Å². The Labute approximate surface area is 229 Å². The summed E-state index contributed by atoms with van der Waals surface area (Å²) >= 11 is 12.6. The van der Waals surface area contributed by atoms with Gasteiger partial charge in [-0.1, -0.05) is 54.4 Å². The van der Waals surface area contributed by atoms with E-state index < -0.39 is 35.9 Å². The van der Waals surface area contributed by atoms with Crippen molar-refractivity contribution in [1.29, 1.82) is 0 Å². The molecule has 3 rings (SSSR count). The summed E-state index contributed by atoms with van der Waals surface area (Å²) in [5.74, 6) is -1.44. The highest BCUT2D eigenvalue weighted by Crippen LogP contribution is 2.48. The standard InChI is InChI=1S/C29H37Cl2NO5/c1-6-24(28(35)36-7-2)32-26(18-11-13-21(30)14-12-18)23(19-9-8-10-22(31)15-19)16-20(27(32)34)17-25(33)37-29(3,4)5/h8-15,20,23-26,33H,6-7,16-17H2,1-5H3/t20?,23-,24?,25?,26?/m1/s1. The van der Waals surface area contributed by atoms with E-state index in [4.69, 9.17) is 32.7 Å². The van der Waals surface area contributed by atoms with Gasteiger partial charge in [0, 0.05) is 28.3 Å². The minimum Gasteiger partial charge on any atom is -0.464 e. The Balaban J connectivity index is 2.14. The fraction of sp³-hybridized carbons (Fsp3) is 0.517. The Morgan fingerprint density at radius 1 is 1.08 bits per heavy atom. The molecule has 1 heterocycles. The van der Waals surface area contributed by atoms with Crippen molar-refractivity contribution in [1.82, 2.24) is 4.90 Å². The van der Waals surface area contributed by atoms with Gasteiger partial charge < -0.3 is 19.5 Å². The molecule has 202 valence electrons. The van der Waals surface area contributed by atoms with E-state index >= 15 is 0 Å². The molecule has 4 unspecified atom stereocenters. The molecule has 0 saturated carbocycles. The Morgan fingerprint density at radius 2 is 1.76 bits per heavy atom. The molecule has 0 aliphatic carbocycles. The first kappa shape index (κ1) is 29.4. The predicted octanol–water partition coefficient (Wildman–Crippen LogP) is 6.53. The SMILES string of the molecule is CCOC(=O)C(CC)N1C(=O)C(CC(O)OC(C)(C)C)C[C@H](c2cccc(Cl)c2)C1c1ccc(Cl)cc1. The highest BCUT2D eigenvalue weighted by Gasteiger charge is 2.48. The van der Waals surface area contributed by atoms with Gasteiger partial charge in [-0.25, -0.2) is 4.79 Å². The maximum atomic E-state index is 14.1. The summed E-state index contributed by atoms with van der Waals surface area (Å²) in [4.78, 5) is 28.9. The van der Waals surface area contributed by atoms with Gasteiger partial charge in [-0.05, 0) is 75.9 Å². The van der Waals surface area contributed by atoms with Crippen molar-refractivity contribution in [2.45, 2.75) is 83.8 Å². The van der Waals surface area contributed by atoms with E-state index in [9.17, 15) is 14.7 Å². The molecule has 1 saturated heterocycles. The zero-order valence-electron chi connectivity index (χ0n) is 22.1. The maximum absolute atomic E-state index is 14.1. The van der Waals surface area contributed by atoms with Crippen molar-refractivity contribution in [3.8, 4) is 0 Å². The van der Waals surface area contributed by atoms with E-state index in [-0.39, 0.29) is 24.9 Å². The average Bonchev–Trinajstić information content (AvgIpc) is 2.81. The van der Waals surface area contributed by atoms with Crippen LogP contribution in [-0.2, 0) is 19.1 Å². The van der Waals surface area contributed by atoms with Gasteiger partial charge >= 0.3 is 5.97 Å². The third kappa shape index (κ3) is 7.47. The molecule has 1 amide bonds. The molecule has 1 aliphatic rings. The van der Waals surface area contributed by atoms with Crippen LogP contribution in [-0.4, -0.2) is 46.4 Å². The highest BCUT2D eigenvalue weighted by molar-refractivity contribution is 6.30. The number of ether oxygens (including phenoxy) is 2. The Kier molecular flexibility index (Phi) is 10.0. The lowest BCUT2D eigenvalue weighted by Gasteiger charge is -2.48. The number of aliphatic hydroxyl groups is 1. The first-order valence-corrected chi connectivity index (χ1v) is 13.6. The average molecular weight is 551 g/mol. The number of benzene rings is 2. The van der Waals surface area contributed by atoms with Crippen molar-refractivity contribution in [2.24, 2.45) is 5.92 Å². The normalized spacial score (nSPS) is 22.0. The molecule has 1 fully saturated rings. The van der Waals surface area contributed by atoms with Crippen LogP contribution in [0.25, 0.3) is 0 Å². The number of hydrogen-bond donors (Lipinski definition) is 1. The number of carbonyl (C=O) groups excluding carboxylic acids is 2. The number of nitrogens with zero attached hydrogens (tertiary/aromatic N) is 1. The molecule has 0 bridgehead atoms. The largest absolute Gasteiger partial charge is 0.464 e. The summed E-state index contributed by atoms with van der Waals surface area (Å²) in [6.07, 6.45) is -0.195. The summed E-state index contributed by atoms with van der Waals surface area (Å²) < 4.78 is 11.1. The molecule has 0 aromatic heterocycles. The first-order chi connectivity index (χ1) is 17.4. The number of likely N-dealkylation sites (tertiary alicyclic amines) is 1. The van der Waals surface area contributed by atoms with E-state index in [1.807, 2.05) is 58.0 Å². The van der Waals surface area contributed by atoms with Gasteiger partial charge in [-0.15, -0.1) is 0 Å². The lowest BCUT2D eigenvalue weighted by Crippen LogP contribution is -2.55. The van der Waals surface area contributed by atoms with Crippen molar-refractivity contribution < 1.29 is 24.2 Å². The van der Waals surface area contributed by atoms with Crippen molar-refractivity contribution in [3.63, 3.8) is 0 Å². The maximum Gasteiger partial charge on any atom is 0.328 e. The zero-order chi connectivity index (χ0) is 27.3. The molecule has 2 aromatic rings. The second kappa shape index (κ2) is 12.6. The molecule has 5 atom stereocenters. The molecule has 37 heavy (non-hydrogen) atoms. The second-order valence-corrected chi connectivity index (χ2v) is 11.3. The number of aliphatic hydroxyl groups excluding tert-OH is 1. The number of carbonyl (C=O) groups is 2. The van der Waals surface area contributed by atoms with E-state index in [0.717, 1.165) is 11.1 Å². The van der Waals surface area contributed by atoms with E-state index in [1.165, 1.54) is 0 Å². The fourth-order valence-electron chi connectivity index (χ4n) is 5.15. The summed E-state index contributed by atoms with van der Waals surface area (Å²) in [7, 11) is 0. The van der Waals surface area contributed by atoms with Crippen molar-refractivity contribution in [3.05, 3.63) is 69.7 Å². The summed E-state index contributed by atoms with van der Waals surface area (Å²) in [5.41, 5.74) is 1.22. The molecule has 0 spiro atoms. The molecule has 2 aromatic carbocycles. The Bertz CT molecular complexity index is 1070. The third-order valence-corrected chi connectivity index (χ3v) is 7.06. The zero-order valence-corrected chi connectivity index (χ0v) is 23.6. The van der Waals surface area contributed by atoms with Gasteiger partial charge in [0.2, 0.25) is 5.91 Å². The fourth-order valence-corrected chi connectivity index (χ4v) is 5.47. The van der Waals surface area contributed by atoms with E-state index in [1.54, 1.807) is 30.0 Å².